The van der Waals surface area contributed by atoms with Crippen LogP contribution >= 0.6 is 11.6 Å². The molecule has 0 aromatic heterocycles. The molecule has 0 heterocycles. The quantitative estimate of drug-likeness (QED) is 0.783. The molecule has 2 aromatic rings. The second kappa shape index (κ2) is 8.42. The van der Waals surface area contributed by atoms with Gasteiger partial charge in [0.1, 0.15) is 0 Å². The largest absolute Gasteiger partial charge is 0.417 e. The predicted octanol–water partition coefficient (Wildman–Crippen LogP) is 4.18. The average Bonchev–Trinajstić information content (AvgIpc) is 2.55. The van der Waals surface area contributed by atoms with Crippen LogP contribution in [0.2, 0.25) is 5.02 Å². The SMILES string of the molecule is CC(O)CN(CC(=O)Nc1ccc(Cl)c(C(F)(F)F)c1)c1ccccc1. The number of nitrogens with one attached hydrogen (secondary N) is 1. The second-order valence-corrected chi connectivity index (χ2v) is 6.21. The summed E-state index contributed by atoms with van der Waals surface area (Å²) in [6.45, 7) is 1.66. The van der Waals surface area contributed by atoms with Gasteiger partial charge in [-0.1, -0.05) is 29.8 Å². The monoisotopic (exact) mass is 386 g/mol. The standard InChI is InChI=1S/C18H18ClF3N2O2/c1-12(25)10-24(14-5-3-2-4-6-14)11-17(26)23-13-7-8-16(19)15(9-13)18(20,21)22/h2-9,12,25H,10-11H2,1H3,(H,23,26). The summed E-state index contributed by atoms with van der Waals surface area (Å²) in [5, 5.41) is 11.6. The molecule has 0 bridgehead atoms. The maximum absolute atomic E-state index is 12.9. The van der Waals surface area contributed by atoms with Crippen LogP contribution in [-0.4, -0.2) is 30.2 Å². The van der Waals surface area contributed by atoms with Crippen LogP contribution in [0.1, 0.15) is 12.5 Å². The molecular weight excluding hydrogens is 369 g/mol. The number of halogens is 4. The summed E-state index contributed by atoms with van der Waals surface area (Å²) in [6, 6.07) is 12.1. The molecule has 0 aliphatic carbocycles. The maximum Gasteiger partial charge on any atom is 0.417 e. The van der Waals surface area contributed by atoms with Crippen molar-refractivity contribution in [3.8, 4) is 0 Å². The van der Waals surface area contributed by atoms with Crippen LogP contribution in [0.25, 0.3) is 0 Å². The van der Waals surface area contributed by atoms with Gasteiger partial charge >= 0.3 is 6.18 Å². The highest BCUT2D eigenvalue weighted by atomic mass is 35.5. The van der Waals surface area contributed by atoms with E-state index in [1.54, 1.807) is 36.1 Å². The van der Waals surface area contributed by atoms with Gasteiger partial charge in [-0.05, 0) is 37.3 Å². The fourth-order valence-electron chi connectivity index (χ4n) is 2.41. The lowest BCUT2D eigenvalue weighted by molar-refractivity contribution is -0.137. The number of para-hydroxylation sites is 1. The van der Waals surface area contributed by atoms with Crippen molar-refractivity contribution < 1.29 is 23.1 Å². The highest BCUT2D eigenvalue weighted by Gasteiger charge is 2.33. The topological polar surface area (TPSA) is 52.6 Å². The molecule has 0 aliphatic heterocycles. The van der Waals surface area contributed by atoms with E-state index < -0.39 is 28.8 Å². The molecule has 4 nitrogen and oxygen atoms in total. The number of rotatable bonds is 6. The Labute approximate surface area is 154 Å². The van der Waals surface area contributed by atoms with Crippen LogP contribution in [0, 0.1) is 0 Å². The summed E-state index contributed by atoms with van der Waals surface area (Å²) in [4.78, 5) is 13.9. The number of carbonyl (C=O) groups excluding carboxylic acids is 1. The predicted molar refractivity (Wildman–Crippen MR) is 95.4 cm³/mol. The lowest BCUT2D eigenvalue weighted by atomic mass is 10.2. The molecule has 2 rings (SSSR count). The number of amides is 1. The zero-order valence-corrected chi connectivity index (χ0v) is 14.7. The molecule has 0 saturated carbocycles. The molecule has 2 aromatic carbocycles. The van der Waals surface area contributed by atoms with Gasteiger partial charge in [0.25, 0.3) is 0 Å². The summed E-state index contributed by atoms with van der Waals surface area (Å²) in [6.07, 6.45) is -5.30. The lowest BCUT2D eigenvalue weighted by Gasteiger charge is -2.25. The molecule has 0 aliphatic rings. The fraction of sp³-hybridized carbons (Fsp3) is 0.278. The van der Waals surface area contributed by atoms with Crippen molar-refractivity contribution in [3.05, 3.63) is 59.1 Å². The van der Waals surface area contributed by atoms with E-state index >= 15 is 0 Å². The van der Waals surface area contributed by atoms with Gasteiger partial charge in [-0.2, -0.15) is 13.2 Å². The minimum atomic E-state index is -4.61. The Morgan fingerprint density at radius 3 is 2.46 bits per heavy atom. The van der Waals surface area contributed by atoms with Gasteiger partial charge in [0.05, 0.1) is 23.2 Å². The van der Waals surface area contributed by atoms with Gasteiger partial charge in [0, 0.05) is 17.9 Å². The number of anilines is 2. The molecule has 0 fully saturated rings. The minimum Gasteiger partial charge on any atom is -0.392 e. The van der Waals surface area contributed by atoms with Crippen molar-refractivity contribution in [2.45, 2.75) is 19.2 Å². The third-order valence-electron chi connectivity index (χ3n) is 3.50. The van der Waals surface area contributed by atoms with Crippen LogP contribution in [0.4, 0.5) is 24.5 Å². The lowest BCUT2D eigenvalue weighted by Crippen LogP contribution is -2.37. The molecular formula is C18H18ClF3N2O2. The number of alkyl halides is 3. The van der Waals surface area contributed by atoms with Crippen LogP contribution < -0.4 is 10.2 Å². The van der Waals surface area contributed by atoms with Gasteiger partial charge in [0.2, 0.25) is 5.91 Å². The van der Waals surface area contributed by atoms with Crippen molar-refractivity contribution in [2.75, 3.05) is 23.3 Å². The molecule has 0 spiro atoms. The molecule has 2 N–H and O–H groups in total. The van der Waals surface area contributed by atoms with Gasteiger partial charge in [-0.15, -0.1) is 0 Å². The maximum atomic E-state index is 12.9. The van der Waals surface area contributed by atoms with E-state index in [4.69, 9.17) is 11.6 Å². The van der Waals surface area contributed by atoms with E-state index in [9.17, 15) is 23.1 Å². The molecule has 8 heteroatoms. The summed E-state index contributed by atoms with van der Waals surface area (Å²) in [5.74, 6) is -0.509. The second-order valence-electron chi connectivity index (χ2n) is 5.81. The Kier molecular flexibility index (Phi) is 6.50. The van der Waals surface area contributed by atoms with Crippen molar-refractivity contribution in [1.29, 1.82) is 0 Å². The van der Waals surface area contributed by atoms with Crippen LogP contribution in [0.5, 0.6) is 0 Å². The number of hydrogen-bond acceptors (Lipinski definition) is 3. The Balaban J connectivity index is 2.13. The highest BCUT2D eigenvalue weighted by molar-refractivity contribution is 6.31. The third kappa shape index (κ3) is 5.64. The van der Waals surface area contributed by atoms with E-state index in [2.05, 4.69) is 5.32 Å². The molecule has 1 amide bonds. The average molecular weight is 387 g/mol. The summed E-state index contributed by atoms with van der Waals surface area (Å²) in [5.41, 5.74) is -0.298. The number of hydrogen-bond donors (Lipinski definition) is 2. The summed E-state index contributed by atoms with van der Waals surface area (Å²) >= 11 is 5.57. The van der Waals surface area contributed by atoms with Crippen LogP contribution in [-0.2, 0) is 11.0 Å². The first-order valence-corrected chi connectivity index (χ1v) is 8.19. The molecule has 140 valence electrons. The van der Waals surface area contributed by atoms with Crippen LogP contribution in [0.15, 0.2) is 48.5 Å². The molecule has 1 unspecified atom stereocenters. The Bertz CT molecular complexity index is 752. The number of aliphatic hydroxyl groups excluding tert-OH is 1. The Morgan fingerprint density at radius 1 is 1.23 bits per heavy atom. The summed E-state index contributed by atoms with van der Waals surface area (Å²) < 4.78 is 38.7. The van der Waals surface area contributed by atoms with E-state index in [1.807, 2.05) is 6.07 Å². The first-order valence-electron chi connectivity index (χ1n) is 7.81. The van der Waals surface area contributed by atoms with E-state index in [0.29, 0.717) is 0 Å². The van der Waals surface area contributed by atoms with Gasteiger partial charge < -0.3 is 15.3 Å². The molecule has 0 radical (unpaired) electrons. The van der Waals surface area contributed by atoms with Crippen molar-refractivity contribution in [3.63, 3.8) is 0 Å². The fourth-order valence-corrected chi connectivity index (χ4v) is 2.64. The van der Waals surface area contributed by atoms with Crippen molar-refractivity contribution >= 4 is 28.9 Å². The zero-order chi connectivity index (χ0) is 19.3. The normalized spacial score (nSPS) is 12.5. The van der Waals surface area contributed by atoms with Crippen molar-refractivity contribution in [1.82, 2.24) is 0 Å². The molecule has 0 saturated heterocycles. The number of benzene rings is 2. The number of nitrogens with zero attached hydrogens (tertiary/aromatic N) is 1. The van der Waals surface area contributed by atoms with Gasteiger partial charge in [-0.3, -0.25) is 4.79 Å². The molecule has 1 atom stereocenters. The molecule has 26 heavy (non-hydrogen) atoms. The van der Waals surface area contributed by atoms with Crippen molar-refractivity contribution in [2.24, 2.45) is 0 Å². The number of aliphatic hydroxyl groups is 1. The zero-order valence-electron chi connectivity index (χ0n) is 13.9. The van der Waals surface area contributed by atoms with Gasteiger partial charge in [-0.25, -0.2) is 0 Å². The smallest absolute Gasteiger partial charge is 0.392 e. The third-order valence-corrected chi connectivity index (χ3v) is 3.83. The number of carbonyl (C=O) groups is 1. The minimum absolute atomic E-state index is 0.00298. The first-order chi connectivity index (χ1) is 12.2. The Hall–Kier alpha value is -2.25. The van der Waals surface area contributed by atoms with E-state index in [-0.39, 0.29) is 18.8 Å². The van der Waals surface area contributed by atoms with Crippen LogP contribution in [0.3, 0.4) is 0 Å². The summed E-state index contributed by atoms with van der Waals surface area (Å²) in [7, 11) is 0. The first kappa shape index (κ1) is 20.1. The van der Waals surface area contributed by atoms with E-state index in [0.717, 1.165) is 17.8 Å². The highest BCUT2D eigenvalue weighted by Crippen LogP contribution is 2.36. The Morgan fingerprint density at radius 2 is 1.88 bits per heavy atom. The van der Waals surface area contributed by atoms with Gasteiger partial charge in [0.15, 0.2) is 0 Å². The van der Waals surface area contributed by atoms with E-state index in [1.165, 1.54) is 6.07 Å².